The Morgan fingerprint density at radius 2 is 1.56 bits per heavy atom. The Morgan fingerprint density at radius 1 is 0.907 bits per heavy atom. The number of aliphatic hydroxyl groups excluding tert-OH is 4. The maximum atomic E-state index is 12.8. The number of carbonyl (C=O) groups excluding carboxylic acids is 3. The Morgan fingerprint density at radius 3 is 2.16 bits per heavy atom. The van der Waals surface area contributed by atoms with Gasteiger partial charge in [0.1, 0.15) is 31.0 Å². The fourth-order valence-electron chi connectivity index (χ4n) is 4.23. The minimum atomic E-state index is -1.42. The second-order valence-electron chi connectivity index (χ2n) is 10.4. The first kappa shape index (κ1) is 38.3. The molecule has 0 radical (unpaired) electrons. The number of aryl methyl sites for hydroxylation is 1. The molecule has 0 spiro atoms. The molecule has 1 aromatic rings. The van der Waals surface area contributed by atoms with Gasteiger partial charge in [0.05, 0.1) is 31.7 Å². The molecular formula is C27H51N9O7. The van der Waals surface area contributed by atoms with Crippen LogP contribution in [0.15, 0.2) is 24.3 Å². The Hall–Kier alpha value is -2.77. The maximum absolute atomic E-state index is 12.8. The zero-order valence-electron chi connectivity index (χ0n) is 25.0. The van der Waals surface area contributed by atoms with Crippen LogP contribution in [-0.2, 0) is 20.8 Å². The van der Waals surface area contributed by atoms with E-state index in [0.717, 1.165) is 11.1 Å². The van der Waals surface area contributed by atoms with E-state index in [1.165, 1.54) is 0 Å². The third kappa shape index (κ3) is 16.0. The molecule has 43 heavy (non-hydrogen) atoms. The largest absolute Gasteiger partial charge is 0.379 e. The Bertz CT molecular complexity index is 970. The smallest absolute Gasteiger partial charge is 0.242 e. The number of amides is 3. The standard InChI is InChI=1S/C27H51N9O7/c1-16-7-3-4-8-17(16)11-19(31-2)26(42)33-15-24(40)36-20(12-21(29)37)27(43)34-14-23(39)35-18(9-5-6-10-28)25(41)32-13-22(30)38/h3-4,7-8,18-23,26,31,33,35,37-39,42H,5-6,9-15,28-30H2,1-2H3,(H,32,41)(H,34,43)(H,36,40)/t18?,19?,20?,21-,22+,23+,26-/m0/s1. The van der Waals surface area contributed by atoms with E-state index in [1.54, 1.807) is 7.05 Å². The van der Waals surface area contributed by atoms with Gasteiger partial charge in [0.2, 0.25) is 17.7 Å². The van der Waals surface area contributed by atoms with Gasteiger partial charge in [0.15, 0.2) is 0 Å². The van der Waals surface area contributed by atoms with Gasteiger partial charge in [-0.2, -0.15) is 0 Å². The summed E-state index contributed by atoms with van der Waals surface area (Å²) < 4.78 is 0. The quantitative estimate of drug-likeness (QED) is 0.0432. The summed E-state index contributed by atoms with van der Waals surface area (Å²) in [5.74, 6) is -1.87. The summed E-state index contributed by atoms with van der Waals surface area (Å²) >= 11 is 0. The molecule has 16 N–H and O–H groups in total. The number of hydrogen-bond acceptors (Lipinski definition) is 13. The average molecular weight is 614 g/mol. The summed E-state index contributed by atoms with van der Waals surface area (Å²) in [6, 6.07) is 5.23. The van der Waals surface area contributed by atoms with E-state index in [4.69, 9.17) is 17.2 Å². The summed E-state index contributed by atoms with van der Waals surface area (Å²) in [6.45, 7) is 1.53. The summed E-state index contributed by atoms with van der Waals surface area (Å²) in [5.41, 5.74) is 18.3. The van der Waals surface area contributed by atoms with Crippen LogP contribution in [0, 0.1) is 6.92 Å². The summed E-state index contributed by atoms with van der Waals surface area (Å²) in [4.78, 5) is 37.9. The first-order valence-electron chi connectivity index (χ1n) is 14.4. The predicted octanol–water partition coefficient (Wildman–Crippen LogP) is -4.90. The highest BCUT2D eigenvalue weighted by atomic mass is 16.3. The molecule has 0 aliphatic rings. The van der Waals surface area contributed by atoms with E-state index < -0.39 is 60.8 Å². The van der Waals surface area contributed by atoms with Crippen molar-refractivity contribution in [2.45, 2.75) is 82.1 Å². The maximum Gasteiger partial charge on any atom is 0.242 e. The molecule has 0 heterocycles. The highest BCUT2D eigenvalue weighted by Gasteiger charge is 2.26. The number of carbonyl (C=O) groups is 3. The molecule has 0 saturated carbocycles. The predicted molar refractivity (Wildman–Crippen MR) is 161 cm³/mol. The number of aliphatic hydroxyl groups is 4. The van der Waals surface area contributed by atoms with Gasteiger partial charge in [-0.25, -0.2) is 0 Å². The van der Waals surface area contributed by atoms with Crippen molar-refractivity contribution < 1.29 is 34.8 Å². The van der Waals surface area contributed by atoms with Gasteiger partial charge in [0, 0.05) is 6.42 Å². The molecule has 1 rings (SSSR count). The molecule has 246 valence electrons. The Labute approximate surface area is 252 Å². The molecule has 3 amide bonds. The van der Waals surface area contributed by atoms with Crippen LogP contribution in [0.3, 0.4) is 0 Å². The van der Waals surface area contributed by atoms with Crippen LogP contribution in [0.4, 0.5) is 0 Å². The molecule has 0 bridgehead atoms. The van der Waals surface area contributed by atoms with Crippen molar-refractivity contribution in [3.05, 3.63) is 35.4 Å². The lowest BCUT2D eigenvalue weighted by Gasteiger charge is -2.25. The third-order valence-electron chi connectivity index (χ3n) is 6.67. The second kappa shape index (κ2) is 21.0. The fraction of sp³-hybridized carbons (Fsp3) is 0.667. The highest BCUT2D eigenvalue weighted by molar-refractivity contribution is 5.88. The Balaban J connectivity index is 2.67. The molecule has 16 heteroatoms. The van der Waals surface area contributed by atoms with Gasteiger partial charge in [-0.1, -0.05) is 30.7 Å². The molecule has 16 nitrogen and oxygen atoms in total. The normalized spacial score (nSPS) is 16.3. The number of nitrogens with two attached hydrogens (primary N) is 3. The van der Waals surface area contributed by atoms with E-state index in [2.05, 4.69) is 31.9 Å². The summed E-state index contributed by atoms with van der Waals surface area (Å²) in [7, 11) is 1.69. The van der Waals surface area contributed by atoms with Crippen molar-refractivity contribution in [3.8, 4) is 0 Å². The minimum absolute atomic E-state index is 0.183. The van der Waals surface area contributed by atoms with Crippen molar-refractivity contribution in [2.75, 3.05) is 33.2 Å². The molecule has 1 aromatic carbocycles. The molecule has 7 atom stereocenters. The fourth-order valence-corrected chi connectivity index (χ4v) is 4.23. The molecule has 0 aliphatic carbocycles. The number of likely N-dealkylation sites (N-methyl/N-ethyl adjacent to an activating group) is 1. The third-order valence-corrected chi connectivity index (χ3v) is 6.67. The molecular weight excluding hydrogens is 562 g/mol. The average Bonchev–Trinajstić information content (AvgIpc) is 2.95. The summed E-state index contributed by atoms with van der Waals surface area (Å²) in [6.07, 6.45) is -3.38. The lowest BCUT2D eigenvalue weighted by molar-refractivity contribution is -0.130. The van der Waals surface area contributed by atoms with Crippen LogP contribution in [0.5, 0.6) is 0 Å². The lowest BCUT2D eigenvalue weighted by atomic mass is 10.0. The van der Waals surface area contributed by atoms with Crippen LogP contribution >= 0.6 is 0 Å². The molecule has 0 aromatic heterocycles. The minimum Gasteiger partial charge on any atom is -0.379 e. The van der Waals surface area contributed by atoms with Gasteiger partial charge in [-0.15, -0.1) is 0 Å². The number of benzene rings is 1. The van der Waals surface area contributed by atoms with Crippen LogP contribution in [0.2, 0.25) is 0 Å². The van der Waals surface area contributed by atoms with Gasteiger partial charge < -0.3 is 58.9 Å². The van der Waals surface area contributed by atoms with Gasteiger partial charge >= 0.3 is 0 Å². The van der Waals surface area contributed by atoms with Crippen LogP contribution in [0.1, 0.15) is 36.8 Å². The molecule has 0 fully saturated rings. The van der Waals surface area contributed by atoms with Crippen molar-refractivity contribution in [1.82, 2.24) is 31.9 Å². The molecule has 0 aliphatic heterocycles. The lowest BCUT2D eigenvalue weighted by Crippen LogP contribution is -2.56. The van der Waals surface area contributed by atoms with Crippen LogP contribution in [-0.4, -0.2) is 114 Å². The van der Waals surface area contributed by atoms with Crippen LogP contribution in [0.25, 0.3) is 0 Å². The molecule has 0 saturated heterocycles. The highest BCUT2D eigenvalue weighted by Crippen LogP contribution is 2.11. The SMILES string of the molecule is CNC(Cc1ccccc1C)[C@H](O)NCC(=O)NC(C[C@@H](N)O)C(=O)NC[C@@H](O)NC(CCCCN)C(=O)NC[C@H](N)O. The number of nitrogens with one attached hydrogen (secondary N) is 6. The number of unbranched alkanes of at least 4 members (excludes halogenated alkanes) is 1. The van der Waals surface area contributed by atoms with Crippen molar-refractivity contribution in [1.29, 1.82) is 0 Å². The van der Waals surface area contributed by atoms with Crippen molar-refractivity contribution in [2.24, 2.45) is 17.2 Å². The van der Waals surface area contributed by atoms with Gasteiger partial charge in [0.25, 0.3) is 0 Å². The topological polar surface area (TPSA) is 282 Å². The van der Waals surface area contributed by atoms with Crippen LogP contribution < -0.4 is 49.1 Å². The van der Waals surface area contributed by atoms with Crippen molar-refractivity contribution >= 4 is 17.7 Å². The van der Waals surface area contributed by atoms with E-state index in [0.29, 0.717) is 32.2 Å². The van der Waals surface area contributed by atoms with Gasteiger partial charge in [-0.05, 0) is 50.9 Å². The Kier molecular flexibility index (Phi) is 18.7. The van der Waals surface area contributed by atoms with E-state index >= 15 is 0 Å². The zero-order chi connectivity index (χ0) is 32.4. The van der Waals surface area contributed by atoms with Crippen molar-refractivity contribution in [3.63, 3.8) is 0 Å². The van der Waals surface area contributed by atoms with E-state index in [9.17, 15) is 34.8 Å². The number of hydrogen-bond donors (Lipinski definition) is 13. The number of rotatable bonds is 22. The van der Waals surface area contributed by atoms with E-state index in [-0.39, 0.29) is 26.1 Å². The molecule has 3 unspecified atom stereocenters. The van der Waals surface area contributed by atoms with Gasteiger partial charge in [-0.3, -0.25) is 25.0 Å². The zero-order valence-corrected chi connectivity index (χ0v) is 25.0. The van der Waals surface area contributed by atoms with E-state index in [1.807, 2.05) is 31.2 Å². The monoisotopic (exact) mass is 613 g/mol. The summed E-state index contributed by atoms with van der Waals surface area (Å²) in [5, 5.41) is 55.7. The first-order chi connectivity index (χ1) is 20.4. The first-order valence-corrected chi connectivity index (χ1v) is 14.4. The second-order valence-corrected chi connectivity index (χ2v) is 10.4.